The maximum Gasteiger partial charge on any atom is 0.255 e. The van der Waals surface area contributed by atoms with Crippen LogP contribution in [0.1, 0.15) is 33.1 Å². The van der Waals surface area contributed by atoms with Crippen molar-refractivity contribution < 1.29 is 14.1 Å². The van der Waals surface area contributed by atoms with E-state index in [1.54, 1.807) is 19.1 Å². The lowest BCUT2D eigenvalue weighted by atomic mass is 10.1. The molecule has 136 valence electrons. The molecule has 0 aliphatic carbocycles. The molecular formula is C20H23N3O3. The average Bonchev–Trinajstić information content (AvgIpc) is 3.17. The van der Waals surface area contributed by atoms with Gasteiger partial charge in [-0.1, -0.05) is 17.3 Å². The monoisotopic (exact) mass is 353 g/mol. The summed E-state index contributed by atoms with van der Waals surface area (Å²) in [6.07, 6.45) is 0. The molecule has 6 heteroatoms. The Morgan fingerprint density at radius 1 is 1.23 bits per heavy atom. The van der Waals surface area contributed by atoms with Crippen molar-refractivity contribution in [3.8, 4) is 11.6 Å². The van der Waals surface area contributed by atoms with Gasteiger partial charge in [-0.3, -0.25) is 9.36 Å². The molecule has 3 aromatic rings. The summed E-state index contributed by atoms with van der Waals surface area (Å²) in [4.78, 5) is 14.7. The largest absolute Gasteiger partial charge is 0.497 e. The van der Waals surface area contributed by atoms with Gasteiger partial charge >= 0.3 is 0 Å². The van der Waals surface area contributed by atoms with Crippen LogP contribution in [0.15, 0.2) is 40.9 Å². The third kappa shape index (κ3) is 3.35. The Morgan fingerprint density at radius 2 is 2.00 bits per heavy atom. The molecular weight excluding hydrogens is 330 g/mol. The number of rotatable bonds is 5. The van der Waals surface area contributed by atoms with Crippen LogP contribution >= 0.6 is 0 Å². The first kappa shape index (κ1) is 17.8. The first-order chi connectivity index (χ1) is 12.4. The van der Waals surface area contributed by atoms with E-state index in [1.165, 1.54) is 0 Å². The predicted molar refractivity (Wildman–Crippen MR) is 98.8 cm³/mol. The highest BCUT2D eigenvalue weighted by atomic mass is 16.5. The fourth-order valence-electron chi connectivity index (χ4n) is 3.11. The van der Waals surface area contributed by atoms with Crippen LogP contribution in [0, 0.1) is 20.8 Å². The van der Waals surface area contributed by atoms with Gasteiger partial charge in [-0.05, 0) is 44.5 Å². The molecule has 0 bridgehead atoms. The van der Waals surface area contributed by atoms with Crippen LogP contribution < -0.4 is 4.74 Å². The van der Waals surface area contributed by atoms with E-state index in [0.717, 1.165) is 28.5 Å². The molecule has 6 nitrogen and oxygen atoms in total. The fraction of sp³-hybridized carbons (Fsp3) is 0.300. The van der Waals surface area contributed by atoms with Crippen LogP contribution in [0.2, 0.25) is 0 Å². The zero-order chi connectivity index (χ0) is 18.8. The predicted octanol–water partition coefficient (Wildman–Crippen LogP) is 3.67. The summed E-state index contributed by atoms with van der Waals surface area (Å²) in [7, 11) is 3.43. The summed E-state index contributed by atoms with van der Waals surface area (Å²) in [5.41, 5.74) is 3.46. The number of carbonyl (C=O) groups excluding carboxylic acids is 1. The van der Waals surface area contributed by atoms with Gasteiger partial charge in [0.25, 0.3) is 5.91 Å². The number of hydrogen-bond acceptors (Lipinski definition) is 4. The Bertz CT molecular complexity index is 940. The minimum absolute atomic E-state index is 0.0348. The van der Waals surface area contributed by atoms with Gasteiger partial charge < -0.3 is 14.2 Å². The van der Waals surface area contributed by atoms with Crippen molar-refractivity contribution in [3.05, 3.63) is 64.7 Å². The molecule has 0 spiro atoms. The van der Waals surface area contributed by atoms with Crippen LogP contribution in [-0.2, 0) is 6.54 Å². The lowest BCUT2D eigenvalue weighted by Crippen LogP contribution is -2.26. The fourth-order valence-corrected chi connectivity index (χ4v) is 3.11. The molecule has 26 heavy (non-hydrogen) atoms. The van der Waals surface area contributed by atoms with Crippen LogP contribution in [0.4, 0.5) is 0 Å². The molecule has 0 fully saturated rings. The number of nitrogens with zero attached hydrogens (tertiary/aromatic N) is 3. The topological polar surface area (TPSA) is 60.5 Å². The molecule has 0 saturated carbocycles. The van der Waals surface area contributed by atoms with Gasteiger partial charge in [0.2, 0.25) is 0 Å². The van der Waals surface area contributed by atoms with Gasteiger partial charge in [-0.2, -0.15) is 0 Å². The number of hydrogen-bond donors (Lipinski definition) is 0. The van der Waals surface area contributed by atoms with E-state index in [0.29, 0.717) is 17.9 Å². The van der Waals surface area contributed by atoms with E-state index < -0.39 is 0 Å². The summed E-state index contributed by atoms with van der Waals surface area (Å²) in [5, 5.41) is 4.06. The highest BCUT2D eigenvalue weighted by molar-refractivity contribution is 5.95. The Morgan fingerprint density at radius 3 is 2.65 bits per heavy atom. The molecule has 0 N–H and O–H groups in total. The number of aromatic nitrogens is 2. The SMILES string of the molecule is COc1cccc(CN(C)C(=O)c2cc(C)n(-c3cc(C)on3)c2C)c1. The van der Waals surface area contributed by atoms with Crippen molar-refractivity contribution in [3.63, 3.8) is 0 Å². The van der Waals surface area contributed by atoms with E-state index in [2.05, 4.69) is 5.16 Å². The molecule has 0 aliphatic rings. The third-order valence-electron chi connectivity index (χ3n) is 4.41. The molecule has 3 rings (SSSR count). The first-order valence-corrected chi connectivity index (χ1v) is 8.41. The number of aryl methyl sites for hydroxylation is 2. The molecule has 2 heterocycles. The van der Waals surface area contributed by atoms with Crippen LogP contribution in [-0.4, -0.2) is 34.7 Å². The number of amides is 1. The van der Waals surface area contributed by atoms with Crippen LogP contribution in [0.5, 0.6) is 5.75 Å². The van der Waals surface area contributed by atoms with Crippen LogP contribution in [0.3, 0.4) is 0 Å². The highest BCUT2D eigenvalue weighted by Crippen LogP contribution is 2.22. The second-order valence-corrected chi connectivity index (χ2v) is 6.43. The molecule has 2 aromatic heterocycles. The quantitative estimate of drug-likeness (QED) is 0.702. The van der Waals surface area contributed by atoms with Gasteiger partial charge in [0.05, 0.1) is 12.7 Å². The maximum absolute atomic E-state index is 13.0. The number of carbonyl (C=O) groups is 1. The van der Waals surface area contributed by atoms with E-state index >= 15 is 0 Å². The van der Waals surface area contributed by atoms with Crippen molar-refractivity contribution in [2.45, 2.75) is 27.3 Å². The Hall–Kier alpha value is -3.02. The summed E-state index contributed by atoms with van der Waals surface area (Å²) in [5.74, 6) is 2.16. The van der Waals surface area contributed by atoms with Gasteiger partial charge in [0, 0.05) is 31.0 Å². The molecule has 0 aliphatic heterocycles. The standard InChI is InChI=1S/C20H23N3O3/c1-13-9-18(15(3)23(13)19-10-14(2)26-21-19)20(24)22(4)12-16-7-6-8-17(11-16)25-5/h6-11H,12H2,1-5H3. The zero-order valence-corrected chi connectivity index (χ0v) is 15.7. The second kappa shape index (κ2) is 7.07. The van der Waals surface area contributed by atoms with Gasteiger partial charge in [0.1, 0.15) is 11.5 Å². The summed E-state index contributed by atoms with van der Waals surface area (Å²) < 4.78 is 12.4. The van der Waals surface area contributed by atoms with Crippen molar-refractivity contribution >= 4 is 5.91 Å². The van der Waals surface area contributed by atoms with Crippen molar-refractivity contribution in [2.24, 2.45) is 0 Å². The lowest BCUT2D eigenvalue weighted by Gasteiger charge is -2.18. The molecule has 0 saturated heterocycles. The molecule has 1 amide bonds. The highest BCUT2D eigenvalue weighted by Gasteiger charge is 2.21. The first-order valence-electron chi connectivity index (χ1n) is 8.41. The lowest BCUT2D eigenvalue weighted by molar-refractivity contribution is 0.0784. The van der Waals surface area contributed by atoms with E-state index in [-0.39, 0.29) is 5.91 Å². The normalized spacial score (nSPS) is 10.8. The Balaban J connectivity index is 1.85. The van der Waals surface area contributed by atoms with Gasteiger partial charge in [0.15, 0.2) is 5.82 Å². The molecule has 1 aromatic carbocycles. The number of benzene rings is 1. The smallest absolute Gasteiger partial charge is 0.255 e. The third-order valence-corrected chi connectivity index (χ3v) is 4.41. The summed E-state index contributed by atoms with van der Waals surface area (Å²) >= 11 is 0. The Labute approximate surface area is 153 Å². The van der Waals surface area contributed by atoms with E-state index in [1.807, 2.05) is 61.7 Å². The average molecular weight is 353 g/mol. The minimum Gasteiger partial charge on any atom is -0.497 e. The molecule has 0 radical (unpaired) electrons. The van der Waals surface area contributed by atoms with E-state index in [4.69, 9.17) is 9.26 Å². The van der Waals surface area contributed by atoms with Gasteiger partial charge in [-0.15, -0.1) is 0 Å². The summed E-state index contributed by atoms with van der Waals surface area (Å²) in [6, 6.07) is 11.5. The second-order valence-electron chi connectivity index (χ2n) is 6.43. The number of ether oxygens (including phenoxy) is 1. The summed E-state index contributed by atoms with van der Waals surface area (Å²) in [6.45, 7) is 6.22. The van der Waals surface area contributed by atoms with Crippen molar-refractivity contribution in [1.82, 2.24) is 14.6 Å². The molecule has 0 unspecified atom stereocenters. The number of methoxy groups -OCH3 is 1. The van der Waals surface area contributed by atoms with Gasteiger partial charge in [-0.25, -0.2) is 0 Å². The molecule has 0 atom stereocenters. The zero-order valence-electron chi connectivity index (χ0n) is 15.7. The minimum atomic E-state index is -0.0348. The maximum atomic E-state index is 13.0. The van der Waals surface area contributed by atoms with E-state index in [9.17, 15) is 4.79 Å². The Kier molecular flexibility index (Phi) is 4.84. The van der Waals surface area contributed by atoms with Crippen LogP contribution in [0.25, 0.3) is 5.82 Å². The van der Waals surface area contributed by atoms with Crippen molar-refractivity contribution in [1.29, 1.82) is 0 Å². The van der Waals surface area contributed by atoms with Crippen molar-refractivity contribution in [2.75, 3.05) is 14.2 Å².